The third kappa shape index (κ3) is 1.59. The summed E-state index contributed by atoms with van der Waals surface area (Å²) >= 11 is 0. The predicted octanol–water partition coefficient (Wildman–Crippen LogP) is 4.92. The van der Waals surface area contributed by atoms with E-state index in [9.17, 15) is 0 Å². The van der Waals surface area contributed by atoms with E-state index in [1.807, 2.05) is 0 Å². The molecule has 0 aliphatic carbocycles. The van der Waals surface area contributed by atoms with E-state index >= 15 is 0 Å². The number of benzene rings is 3. The molecule has 5 rings (SSSR count). The molecular weight excluding hydrogens is 282 g/mol. The summed E-state index contributed by atoms with van der Waals surface area (Å²) in [5, 5.41) is 2.60. The number of fused-ring (bicyclic) bond motifs is 6. The highest BCUT2D eigenvalue weighted by molar-refractivity contribution is 6.05. The van der Waals surface area contributed by atoms with Gasteiger partial charge in [-0.25, -0.2) is 0 Å². The Labute approximate surface area is 133 Å². The van der Waals surface area contributed by atoms with Gasteiger partial charge in [-0.05, 0) is 48.6 Å². The molecule has 2 aromatic heterocycles. The molecule has 0 unspecified atom stereocenters. The monoisotopic (exact) mass is 299 g/mol. The van der Waals surface area contributed by atoms with Gasteiger partial charge in [-0.2, -0.15) is 4.80 Å². The van der Waals surface area contributed by atoms with Crippen LogP contribution >= 0.6 is 0 Å². The first kappa shape index (κ1) is 12.6. The first-order valence-corrected chi connectivity index (χ1v) is 7.95. The molecule has 0 spiro atoms. The molecule has 23 heavy (non-hydrogen) atoms. The fraction of sp³-hybridized carbons (Fsp3) is 0.100. The molecule has 0 saturated heterocycles. The van der Waals surface area contributed by atoms with Crippen molar-refractivity contribution in [2.75, 3.05) is 0 Å². The van der Waals surface area contributed by atoms with Crippen molar-refractivity contribution in [1.82, 2.24) is 14.1 Å². The van der Waals surface area contributed by atoms with Crippen molar-refractivity contribution in [3.05, 3.63) is 71.8 Å². The van der Waals surface area contributed by atoms with Crippen LogP contribution in [0.4, 0.5) is 0 Å². The second-order valence-corrected chi connectivity index (χ2v) is 6.06. The number of aromatic nitrogens is 3. The van der Waals surface area contributed by atoms with Crippen molar-refractivity contribution in [1.29, 1.82) is 0 Å². The van der Waals surface area contributed by atoms with E-state index in [1.54, 1.807) is 0 Å². The summed E-state index contributed by atoms with van der Waals surface area (Å²) in [6.07, 6.45) is 4.23. The average molecular weight is 299 g/mol. The van der Waals surface area contributed by atoms with Crippen LogP contribution in [-0.2, 0) is 0 Å². The Bertz CT molecular complexity index is 1180. The summed E-state index contributed by atoms with van der Waals surface area (Å²) < 4.78 is 4.45. The first-order valence-electron chi connectivity index (χ1n) is 7.95. The van der Waals surface area contributed by atoms with Crippen molar-refractivity contribution in [2.45, 2.75) is 13.8 Å². The summed E-state index contributed by atoms with van der Waals surface area (Å²) in [7, 11) is 0. The van der Waals surface area contributed by atoms with Gasteiger partial charge in [0, 0.05) is 5.39 Å². The molecule has 112 valence electrons. The standard InChI is InChI=1S/C20H17N3/c1-3-6-15-9-11-17(13-14(15)2)21-22-19-12-10-16-7-4-5-8-18(16)20(19)23(21)22/h3-13H,1-2H3. The maximum atomic E-state index is 2.25. The summed E-state index contributed by atoms with van der Waals surface area (Å²) in [6.45, 7) is 4.22. The van der Waals surface area contributed by atoms with Crippen LogP contribution in [0.25, 0.3) is 33.6 Å². The maximum absolute atomic E-state index is 2.25. The molecule has 0 aliphatic rings. The number of nitrogens with zero attached hydrogens (tertiary/aromatic N) is 3. The van der Waals surface area contributed by atoms with Crippen LogP contribution in [-0.4, -0.2) is 14.1 Å². The summed E-state index contributed by atoms with van der Waals surface area (Å²) in [6, 6.07) is 19.6. The van der Waals surface area contributed by atoms with Crippen LogP contribution in [0, 0.1) is 6.92 Å². The van der Waals surface area contributed by atoms with Gasteiger partial charge in [0.05, 0.1) is 5.69 Å². The molecule has 3 nitrogen and oxygen atoms in total. The second-order valence-electron chi connectivity index (χ2n) is 6.06. The second kappa shape index (κ2) is 4.29. The molecule has 3 aromatic carbocycles. The zero-order chi connectivity index (χ0) is 15.6. The van der Waals surface area contributed by atoms with E-state index in [0.29, 0.717) is 0 Å². The predicted molar refractivity (Wildman–Crippen MR) is 95.8 cm³/mol. The van der Waals surface area contributed by atoms with Crippen molar-refractivity contribution < 1.29 is 0 Å². The minimum absolute atomic E-state index is 1.20. The summed E-state index contributed by atoms with van der Waals surface area (Å²) in [5.41, 5.74) is 6.36. The number of hydrogen-bond donors (Lipinski definition) is 0. The SMILES string of the molecule is CC=Cc1ccc(-n2n3c4ccc5ccccc5c4n23)cc1C. The van der Waals surface area contributed by atoms with Crippen LogP contribution < -0.4 is 0 Å². The fourth-order valence-electron chi connectivity index (χ4n) is 3.46. The van der Waals surface area contributed by atoms with E-state index in [0.717, 1.165) is 0 Å². The highest BCUT2D eigenvalue weighted by atomic mass is 15.9. The van der Waals surface area contributed by atoms with Crippen LogP contribution in [0.5, 0.6) is 0 Å². The Morgan fingerprint density at radius 3 is 2.61 bits per heavy atom. The molecule has 0 fully saturated rings. The molecule has 0 radical (unpaired) electrons. The molecule has 0 amide bonds. The lowest BCUT2D eigenvalue weighted by molar-refractivity contribution is 1.01. The Hall–Kier alpha value is -2.94. The molecule has 5 aromatic rings. The van der Waals surface area contributed by atoms with Gasteiger partial charge in [-0.15, -0.1) is 9.26 Å². The zero-order valence-electron chi connectivity index (χ0n) is 13.2. The molecule has 0 bridgehead atoms. The Morgan fingerprint density at radius 2 is 1.78 bits per heavy atom. The normalized spacial score (nSPS) is 12.6. The molecule has 0 atom stereocenters. The van der Waals surface area contributed by atoms with Gasteiger partial charge in [0.15, 0.2) is 0 Å². The fourth-order valence-corrected chi connectivity index (χ4v) is 3.46. The van der Waals surface area contributed by atoms with Gasteiger partial charge in [0.2, 0.25) is 0 Å². The topological polar surface area (TPSA) is 13.8 Å². The third-order valence-corrected chi connectivity index (χ3v) is 4.63. The lowest BCUT2D eigenvalue weighted by Crippen LogP contribution is -1.91. The van der Waals surface area contributed by atoms with Crippen molar-refractivity contribution in [2.24, 2.45) is 0 Å². The minimum Gasteiger partial charge on any atom is -0.150 e. The molecule has 0 aliphatic heterocycles. The van der Waals surface area contributed by atoms with Crippen LogP contribution in [0.1, 0.15) is 18.1 Å². The lowest BCUT2D eigenvalue weighted by Gasteiger charge is -2.02. The smallest absolute Gasteiger partial charge is 0.121 e. The average Bonchev–Trinajstić information content (AvgIpc) is 3.21. The Morgan fingerprint density at radius 1 is 0.913 bits per heavy atom. The van der Waals surface area contributed by atoms with Crippen molar-refractivity contribution in [3.8, 4) is 5.69 Å². The number of rotatable bonds is 2. The Balaban J connectivity index is 1.71. The van der Waals surface area contributed by atoms with Crippen LogP contribution in [0.2, 0.25) is 0 Å². The number of aryl methyl sites for hydroxylation is 1. The highest BCUT2D eigenvalue weighted by Crippen LogP contribution is 2.32. The minimum atomic E-state index is 1.20. The van der Waals surface area contributed by atoms with Crippen molar-refractivity contribution in [3.63, 3.8) is 0 Å². The van der Waals surface area contributed by atoms with E-state index in [-0.39, 0.29) is 0 Å². The molecule has 2 heterocycles. The van der Waals surface area contributed by atoms with Gasteiger partial charge in [-0.1, -0.05) is 48.6 Å². The van der Waals surface area contributed by atoms with Gasteiger partial charge in [0.1, 0.15) is 11.0 Å². The zero-order valence-corrected chi connectivity index (χ0v) is 13.2. The molecule has 3 heteroatoms. The van der Waals surface area contributed by atoms with E-state index in [1.165, 1.54) is 38.6 Å². The highest BCUT2D eigenvalue weighted by Gasteiger charge is 2.25. The van der Waals surface area contributed by atoms with E-state index < -0.39 is 0 Å². The van der Waals surface area contributed by atoms with Gasteiger partial charge < -0.3 is 0 Å². The largest absolute Gasteiger partial charge is 0.150 e. The van der Waals surface area contributed by atoms with Gasteiger partial charge in [-0.3, -0.25) is 0 Å². The quantitative estimate of drug-likeness (QED) is 0.439. The van der Waals surface area contributed by atoms with Crippen molar-refractivity contribution >= 4 is 27.9 Å². The molecule has 0 N–H and O–H groups in total. The van der Waals surface area contributed by atoms with Gasteiger partial charge in [0.25, 0.3) is 0 Å². The maximum Gasteiger partial charge on any atom is 0.121 e. The number of allylic oxidation sites excluding steroid dienone is 1. The molecular formula is C20H17N3. The van der Waals surface area contributed by atoms with E-state index in [2.05, 4.69) is 94.7 Å². The first-order chi connectivity index (χ1) is 11.3. The van der Waals surface area contributed by atoms with Crippen LogP contribution in [0.3, 0.4) is 0 Å². The number of hydrogen-bond acceptors (Lipinski definition) is 0. The third-order valence-electron chi connectivity index (χ3n) is 4.63. The van der Waals surface area contributed by atoms with Crippen LogP contribution in [0.15, 0.2) is 60.7 Å². The summed E-state index contributed by atoms with van der Waals surface area (Å²) in [5.74, 6) is 0. The van der Waals surface area contributed by atoms with E-state index in [4.69, 9.17) is 0 Å². The Kier molecular flexibility index (Phi) is 2.35. The lowest BCUT2D eigenvalue weighted by atomic mass is 10.1. The molecule has 0 saturated carbocycles. The van der Waals surface area contributed by atoms with Gasteiger partial charge >= 0.3 is 0 Å². The summed E-state index contributed by atoms with van der Waals surface area (Å²) in [4.78, 5) is 2.23.